The van der Waals surface area contributed by atoms with Crippen LogP contribution >= 0.6 is 15.9 Å². The van der Waals surface area contributed by atoms with Crippen molar-refractivity contribution in [1.29, 1.82) is 0 Å². The lowest BCUT2D eigenvalue weighted by Gasteiger charge is -2.08. The third-order valence-corrected chi connectivity index (χ3v) is 3.70. The van der Waals surface area contributed by atoms with Gasteiger partial charge in [0, 0.05) is 19.5 Å². The Morgan fingerprint density at radius 2 is 1.95 bits per heavy atom. The van der Waals surface area contributed by atoms with Crippen LogP contribution in [-0.4, -0.2) is 29.9 Å². The number of nitrogens with zero attached hydrogens (tertiary/aromatic N) is 5. The van der Waals surface area contributed by atoms with E-state index >= 15 is 0 Å². The molecule has 0 spiro atoms. The summed E-state index contributed by atoms with van der Waals surface area (Å²) in [5, 5.41) is 23.6. The molecule has 1 unspecified atom stereocenters. The van der Waals surface area contributed by atoms with Crippen molar-refractivity contribution in [3.05, 3.63) is 40.3 Å². The minimum atomic E-state index is -0.875. The van der Waals surface area contributed by atoms with Crippen LogP contribution in [-0.2, 0) is 14.1 Å². The van der Waals surface area contributed by atoms with Gasteiger partial charge in [-0.3, -0.25) is 4.68 Å². The van der Waals surface area contributed by atoms with E-state index in [1.807, 2.05) is 31.3 Å². The average molecular weight is 322 g/mol. The number of fused-ring (bicyclic) bond motifs is 1. The molecule has 0 fully saturated rings. The summed E-state index contributed by atoms with van der Waals surface area (Å²) >= 11 is 3.30. The lowest BCUT2D eigenvalue weighted by Crippen LogP contribution is -2.08. The summed E-state index contributed by atoms with van der Waals surface area (Å²) in [6.07, 6.45) is -0.875. The molecule has 6 nitrogen and oxygen atoms in total. The number of halogens is 1. The highest BCUT2D eigenvalue weighted by atomic mass is 79.9. The molecule has 3 rings (SSSR count). The predicted octanol–water partition coefficient (Wildman–Crippen LogP) is 1.55. The molecule has 3 aromatic rings. The van der Waals surface area contributed by atoms with E-state index in [4.69, 9.17) is 0 Å². The Bertz CT molecular complexity index is 728. The van der Waals surface area contributed by atoms with Gasteiger partial charge in [0.1, 0.15) is 17.5 Å². The second-order valence-electron chi connectivity index (χ2n) is 4.32. The molecule has 0 aliphatic rings. The fraction of sp³-hybridized carbons (Fsp3) is 0.250. The smallest absolute Gasteiger partial charge is 0.154 e. The van der Waals surface area contributed by atoms with Gasteiger partial charge in [-0.15, -0.1) is 5.10 Å². The summed E-state index contributed by atoms with van der Waals surface area (Å²) in [5.41, 5.74) is 2.16. The van der Waals surface area contributed by atoms with E-state index in [0.29, 0.717) is 16.0 Å². The number of aliphatic hydroxyl groups is 1. The molecule has 7 heteroatoms. The van der Waals surface area contributed by atoms with Crippen molar-refractivity contribution in [2.24, 2.45) is 14.1 Å². The van der Waals surface area contributed by atoms with Crippen molar-refractivity contribution in [2.75, 3.05) is 0 Å². The summed E-state index contributed by atoms with van der Waals surface area (Å²) in [6.45, 7) is 0. The predicted molar refractivity (Wildman–Crippen MR) is 73.5 cm³/mol. The highest BCUT2D eigenvalue weighted by Gasteiger charge is 2.24. The largest absolute Gasteiger partial charge is 0.380 e. The zero-order chi connectivity index (χ0) is 13.6. The molecule has 0 aliphatic heterocycles. The second kappa shape index (κ2) is 4.43. The topological polar surface area (TPSA) is 68.8 Å². The van der Waals surface area contributed by atoms with Crippen LogP contribution in [0.1, 0.15) is 17.5 Å². The normalized spacial score (nSPS) is 13.1. The minimum absolute atomic E-state index is 0.525. The van der Waals surface area contributed by atoms with Crippen LogP contribution in [0, 0.1) is 0 Å². The van der Waals surface area contributed by atoms with Crippen LogP contribution in [0.15, 0.2) is 28.9 Å². The Morgan fingerprint density at radius 1 is 1.21 bits per heavy atom. The van der Waals surface area contributed by atoms with Gasteiger partial charge in [-0.25, -0.2) is 4.68 Å². The van der Waals surface area contributed by atoms with Gasteiger partial charge in [0.2, 0.25) is 0 Å². The van der Waals surface area contributed by atoms with Crippen molar-refractivity contribution in [1.82, 2.24) is 24.8 Å². The molecule has 98 valence electrons. The third-order valence-electron chi connectivity index (χ3n) is 3.13. The second-order valence-corrected chi connectivity index (χ2v) is 5.07. The summed E-state index contributed by atoms with van der Waals surface area (Å²) < 4.78 is 3.82. The number of aryl methyl sites for hydroxylation is 2. The third kappa shape index (κ3) is 1.85. The maximum absolute atomic E-state index is 10.5. The lowest BCUT2D eigenvalue weighted by atomic mass is 10.1. The van der Waals surface area contributed by atoms with Crippen LogP contribution < -0.4 is 0 Å². The van der Waals surface area contributed by atoms with Crippen LogP contribution in [0.4, 0.5) is 0 Å². The number of benzene rings is 1. The van der Waals surface area contributed by atoms with Crippen LogP contribution in [0.2, 0.25) is 0 Å². The number of para-hydroxylation sites is 1. The number of aromatic nitrogens is 5. The minimum Gasteiger partial charge on any atom is -0.380 e. The van der Waals surface area contributed by atoms with Crippen LogP contribution in [0.3, 0.4) is 0 Å². The fourth-order valence-electron chi connectivity index (χ4n) is 2.20. The van der Waals surface area contributed by atoms with Gasteiger partial charge in [-0.2, -0.15) is 5.10 Å². The quantitative estimate of drug-likeness (QED) is 0.777. The molecular formula is C12H12BrN5O. The molecule has 0 amide bonds. The Balaban J connectivity index is 2.20. The van der Waals surface area contributed by atoms with E-state index < -0.39 is 6.10 Å². The number of rotatable bonds is 2. The van der Waals surface area contributed by atoms with E-state index in [9.17, 15) is 5.11 Å². The highest BCUT2D eigenvalue weighted by molar-refractivity contribution is 9.10. The van der Waals surface area contributed by atoms with Crippen molar-refractivity contribution in [3.63, 3.8) is 0 Å². The fourth-order valence-corrected chi connectivity index (χ4v) is 2.75. The molecule has 0 saturated carbocycles. The first kappa shape index (κ1) is 12.3. The van der Waals surface area contributed by atoms with Gasteiger partial charge in [0.05, 0.1) is 5.52 Å². The Kier molecular flexibility index (Phi) is 2.87. The van der Waals surface area contributed by atoms with Gasteiger partial charge in [0.15, 0.2) is 4.60 Å². The molecule has 19 heavy (non-hydrogen) atoms. The van der Waals surface area contributed by atoms with E-state index in [0.717, 1.165) is 10.9 Å². The van der Waals surface area contributed by atoms with E-state index in [2.05, 4.69) is 31.3 Å². The molecule has 1 atom stereocenters. The van der Waals surface area contributed by atoms with Crippen molar-refractivity contribution >= 4 is 26.8 Å². The van der Waals surface area contributed by atoms with Crippen LogP contribution in [0.25, 0.3) is 10.9 Å². The van der Waals surface area contributed by atoms with Gasteiger partial charge in [-0.05, 0) is 22.0 Å². The SMILES string of the molecule is Cn1nnc(Br)c1C(O)c1nn(C)c2ccccc12. The maximum Gasteiger partial charge on any atom is 0.154 e. The number of aliphatic hydroxyl groups excluding tert-OH is 1. The standard InChI is InChI=1S/C12H12BrN5O/c1-17-8-6-4-3-5-7(8)9(15-17)11(19)10-12(13)14-16-18(10)2/h3-6,11,19H,1-2H3. The summed E-state index contributed by atoms with van der Waals surface area (Å²) in [5.74, 6) is 0. The van der Waals surface area contributed by atoms with Crippen molar-refractivity contribution in [3.8, 4) is 0 Å². The molecule has 2 heterocycles. The molecule has 0 bridgehead atoms. The molecule has 1 N–H and O–H groups in total. The maximum atomic E-state index is 10.5. The monoisotopic (exact) mass is 321 g/mol. The molecule has 0 radical (unpaired) electrons. The summed E-state index contributed by atoms with van der Waals surface area (Å²) in [6, 6.07) is 7.78. The first-order chi connectivity index (χ1) is 9.09. The lowest BCUT2D eigenvalue weighted by molar-refractivity contribution is 0.204. The van der Waals surface area contributed by atoms with Gasteiger partial charge < -0.3 is 5.11 Å². The van der Waals surface area contributed by atoms with Crippen molar-refractivity contribution < 1.29 is 5.11 Å². The van der Waals surface area contributed by atoms with Gasteiger partial charge in [-0.1, -0.05) is 23.4 Å². The Hall–Kier alpha value is -1.73. The number of hydrogen-bond donors (Lipinski definition) is 1. The van der Waals surface area contributed by atoms with E-state index in [1.165, 1.54) is 4.68 Å². The Labute approximate surface area is 117 Å². The molecule has 1 aromatic carbocycles. The van der Waals surface area contributed by atoms with Crippen LogP contribution in [0.5, 0.6) is 0 Å². The van der Waals surface area contributed by atoms with Gasteiger partial charge >= 0.3 is 0 Å². The first-order valence-corrected chi connectivity index (χ1v) is 6.53. The Morgan fingerprint density at radius 3 is 2.63 bits per heavy atom. The van der Waals surface area contributed by atoms with E-state index in [-0.39, 0.29) is 0 Å². The number of hydrogen-bond acceptors (Lipinski definition) is 4. The zero-order valence-electron chi connectivity index (χ0n) is 10.4. The van der Waals surface area contributed by atoms with Crippen molar-refractivity contribution in [2.45, 2.75) is 6.10 Å². The molecule has 0 saturated heterocycles. The average Bonchev–Trinajstić information content (AvgIpc) is 2.91. The first-order valence-electron chi connectivity index (χ1n) is 5.74. The molecular weight excluding hydrogens is 310 g/mol. The van der Waals surface area contributed by atoms with Gasteiger partial charge in [0.25, 0.3) is 0 Å². The highest BCUT2D eigenvalue weighted by Crippen LogP contribution is 2.30. The zero-order valence-corrected chi connectivity index (χ0v) is 12.0. The molecule has 2 aromatic heterocycles. The summed E-state index contributed by atoms with van der Waals surface area (Å²) in [7, 11) is 3.59. The molecule has 0 aliphatic carbocycles. The summed E-state index contributed by atoms with van der Waals surface area (Å²) in [4.78, 5) is 0. The van der Waals surface area contributed by atoms with E-state index in [1.54, 1.807) is 11.7 Å².